The number of anilines is 1. The van der Waals surface area contributed by atoms with Crippen molar-refractivity contribution in [2.24, 2.45) is 0 Å². The molecule has 174 valence electrons. The SMILES string of the molecule is O=C(c1cccnc1)N1CCC(Nc2ncc(-c3ccsc3)c3nc(C(F)(F)F)ccc23)CC1. The van der Waals surface area contributed by atoms with Crippen molar-refractivity contribution in [2.75, 3.05) is 18.4 Å². The van der Waals surface area contributed by atoms with E-state index < -0.39 is 11.9 Å². The number of aromatic nitrogens is 3. The van der Waals surface area contributed by atoms with Crippen molar-refractivity contribution < 1.29 is 18.0 Å². The second kappa shape index (κ2) is 9.02. The van der Waals surface area contributed by atoms with Gasteiger partial charge in [-0.2, -0.15) is 24.5 Å². The Morgan fingerprint density at radius 3 is 2.62 bits per heavy atom. The molecule has 34 heavy (non-hydrogen) atoms. The maximum Gasteiger partial charge on any atom is 0.433 e. The first-order valence-electron chi connectivity index (χ1n) is 10.8. The highest BCUT2D eigenvalue weighted by molar-refractivity contribution is 7.08. The van der Waals surface area contributed by atoms with E-state index in [2.05, 4.69) is 20.3 Å². The van der Waals surface area contributed by atoms with Crippen molar-refractivity contribution in [3.63, 3.8) is 0 Å². The number of nitrogens with zero attached hydrogens (tertiary/aromatic N) is 4. The number of piperidine rings is 1. The van der Waals surface area contributed by atoms with Crippen molar-refractivity contribution in [2.45, 2.75) is 25.1 Å². The van der Waals surface area contributed by atoms with Crippen LogP contribution in [-0.4, -0.2) is 44.9 Å². The Balaban J connectivity index is 1.38. The molecule has 6 nitrogen and oxygen atoms in total. The van der Waals surface area contributed by atoms with Gasteiger partial charge in [-0.25, -0.2) is 9.97 Å². The molecule has 0 atom stereocenters. The van der Waals surface area contributed by atoms with Gasteiger partial charge in [0.1, 0.15) is 11.5 Å². The van der Waals surface area contributed by atoms with Gasteiger partial charge in [0.05, 0.1) is 11.1 Å². The highest BCUT2D eigenvalue weighted by Crippen LogP contribution is 2.35. The molecule has 0 aromatic carbocycles. The average Bonchev–Trinajstić information content (AvgIpc) is 3.39. The smallest absolute Gasteiger partial charge is 0.367 e. The van der Waals surface area contributed by atoms with Crippen LogP contribution in [-0.2, 0) is 6.18 Å². The maximum atomic E-state index is 13.4. The fourth-order valence-electron chi connectivity index (χ4n) is 4.11. The Kier molecular flexibility index (Phi) is 5.91. The van der Waals surface area contributed by atoms with Crippen LogP contribution in [0.3, 0.4) is 0 Å². The molecule has 1 saturated heterocycles. The molecule has 4 aromatic heterocycles. The van der Waals surface area contributed by atoms with Crippen LogP contribution in [0.25, 0.3) is 22.0 Å². The molecule has 4 aromatic rings. The minimum atomic E-state index is -4.54. The predicted octanol–water partition coefficient (Wildman–Crippen LogP) is 5.49. The zero-order chi connectivity index (χ0) is 23.7. The lowest BCUT2D eigenvalue weighted by atomic mass is 10.0. The van der Waals surface area contributed by atoms with Gasteiger partial charge in [-0.15, -0.1) is 0 Å². The highest BCUT2D eigenvalue weighted by Gasteiger charge is 2.33. The Labute approximate surface area is 197 Å². The summed E-state index contributed by atoms with van der Waals surface area (Å²) in [5.74, 6) is 0.436. The number of halogens is 3. The molecule has 0 bridgehead atoms. The van der Waals surface area contributed by atoms with Crippen LogP contribution in [0.2, 0.25) is 0 Å². The maximum absolute atomic E-state index is 13.4. The molecule has 1 aliphatic heterocycles. The number of amides is 1. The van der Waals surface area contributed by atoms with E-state index in [9.17, 15) is 18.0 Å². The number of hydrogen-bond acceptors (Lipinski definition) is 6. The lowest BCUT2D eigenvalue weighted by molar-refractivity contribution is -0.140. The van der Waals surface area contributed by atoms with Crippen LogP contribution < -0.4 is 5.32 Å². The Hall–Kier alpha value is -3.53. The van der Waals surface area contributed by atoms with Crippen LogP contribution in [0.1, 0.15) is 28.9 Å². The fraction of sp³-hybridized carbons (Fsp3) is 0.250. The fourth-order valence-corrected chi connectivity index (χ4v) is 4.77. The molecule has 1 amide bonds. The van der Waals surface area contributed by atoms with E-state index in [0.29, 0.717) is 48.3 Å². The second-order valence-electron chi connectivity index (χ2n) is 8.08. The number of likely N-dealkylation sites (tertiary alicyclic amines) is 1. The van der Waals surface area contributed by atoms with Gasteiger partial charge in [0.2, 0.25) is 0 Å². The minimum absolute atomic E-state index is 0.0305. The van der Waals surface area contributed by atoms with Gasteiger partial charge >= 0.3 is 6.18 Å². The summed E-state index contributed by atoms with van der Waals surface area (Å²) >= 11 is 1.46. The number of carbonyl (C=O) groups is 1. The first-order valence-corrected chi connectivity index (χ1v) is 11.7. The largest absolute Gasteiger partial charge is 0.433 e. The third-order valence-corrected chi connectivity index (χ3v) is 6.57. The number of thiophene rings is 1. The van der Waals surface area contributed by atoms with Crippen LogP contribution in [0, 0.1) is 0 Å². The summed E-state index contributed by atoms with van der Waals surface area (Å²) in [5, 5.41) is 7.63. The molecule has 0 unspecified atom stereocenters. The molecule has 0 saturated carbocycles. The van der Waals surface area contributed by atoms with E-state index in [4.69, 9.17) is 0 Å². The molecule has 0 aliphatic carbocycles. The number of fused-ring (bicyclic) bond motifs is 1. The van der Waals surface area contributed by atoms with Crippen molar-refractivity contribution in [1.29, 1.82) is 0 Å². The zero-order valence-corrected chi connectivity index (χ0v) is 18.7. The topological polar surface area (TPSA) is 71.0 Å². The summed E-state index contributed by atoms with van der Waals surface area (Å²) in [6.45, 7) is 1.12. The Morgan fingerprint density at radius 2 is 1.94 bits per heavy atom. The van der Waals surface area contributed by atoms with Crippen molar-refractivity contribution in [1.82, 2.24) is 19.9 Å². The normalized spacial score (nSPS) is 15.0. The van der Waals surface area contributed by atoms with Gasteiger partial charge in [0, 0.05) is 48.7 Å². The number of rotatable bonds is 4. The number of carbonyl (C=O) groups excluding carboxylic acids is 1. The standard InChI is InChI=1S/C24H20F3N5OS/c25-24(26,27)20-4-3-18-21(31-20)19(16-7-11-34-14-16)13-29-22(18)30-17-5-9-32(10-6-17)23(33)15-2-1-8-28-12-15/h1-4,7-8,11-14,17H,5-6,9-10H2,(H,29,30). The third-order valence-electron chi connectivity index (χ3n) is 5.88. The van der Waals surface area contributed by atoms with Gasteiger partial charge in [-0.3, -0.25) is 9.78 Å². The molecule has 1 fully saturated rings. The third kappa shape index (κ3) is 4.45. The average molecular weight is 484 g/mol. The predicted molar refractivity (Wildman–Crippen MR) is 125 cm³/mol. The van der Waals surface area contributed by atoms with E-state index in [1.165, 1.54) is 17.4 Å². The Morgan fingerprint density at radius 1 is 1.12 bits per heavy atom. The summed E-state index contributed by atoms with van der Waals surface area (Å²) < 4.78 is 40.1. The highest BCUT2D eigenvalue weighted by atomic mass is 32.1. The van der Waals surface area contributed by atoms with Crippen LogP contribution in [0.5, 0.6) is 0 Å². The van der Waals surface area contributed by atoms with Crippen molar-refractivity contribution in [3.8, 4) is 11.1 Å². The molecule has 0 radical (unpaired) electrons. The monoisotopic (exact) mass is 483 g/mol. The molecule has 10 heteroatoms. The van der Waals surface area contributed by atoms with E-state index >= 15 is 0 Å². The number of nitrogens with one attached hydrogen (secondary N) is 1. The number of pyridine rings is 3. The molecule has 0 spiro atoms. The molecule has 5 rings (SSSR count). The quantitative estimate of drug-likeness (QED) is 0.416. The van der Waals surface area contributed by atoms with Gasteiger partial charge in [-0.05, 0) is 59.5 Å². The van der Waals surface area contributed by atoms with E-state index in [1.54, 1.807) is 35.6 Å². The van der Waals surface area contributed by atoms with Crippen molar-refractivity contribution >= 4 is 34.0 Å². The minimum Gasteiger partial charge on any atom is -0.367 e. The van der Waals surface area contributed by atoms with Gasteiger partial charge < -0.3 is 10.2 Å². The van der Waals surface area contributed by atoms with Gasteiger partial charge in [0.15, 0.2) is 0 Å². The summed E-state index contributed by atoms with van der Waals surface area (Å²) in [4.78, 5) is 26.9. The molecular formula is C24H20F3N5OS. The van der Waals surface area contributed by atoms with Crippen LogP contribution in [0.4, 0.5) is 19.0 Å². The molecule has 1 N–H and O–H groups in total. The van der Waals surface area contributed by atoms with E-state index in [1.807, 2.05) is 16.8 Å². The van der Waals surface area contributed by atoms with Gasteiger partial charge in [-0.1, -0.05) is 0 Å². The summed E-state index contributed by atoms with van der Waals surface area (Å²) in [6.07, 6.45) is 1.59. The first-order chi connectivity index (χ1) is 16.4. The number of alkyl halides is 3. The summed E-state index contributed by atoms with van der Waals surface area (Å²) in [5.41, 5.74) is 1.22. The number of hydrogen-bond donors (Lipinski definition) is 1. The molecule has 1 aliphatic rings. The van der Waals surface area contributed by atoms with Crippen molar-refractivity contribution in [3.05, 3.63) is 70.9 Å². The molecule has 5 heterocycles. The summed E-state index contributed by atoms with van der Waals surface area (Å²) in [6, 6.07) is 7.76. The second-order valence-corrected chi connectivity index (χ2v) is 8.86. The van der Waals surface area contributed by atoms with Crippen LogP contribution in [0.15, 0.2) is 59.7 Å². The van der Waals surface area contributed by atoms with E-state index in [0.717, 1.165) is 11.6 Å². The lowest BCUT2D eigenvalue weighted by Crippen LogP contribution is -2.42. The summed E-state index contributed by atoms with van der Waals surface area (Å²) in [7, 11) is 0. The lowest BCUT2D eigenvalue weighted by Gasteiger charge is -2.33. The Bertz CT molecular complexity index is 1300. The first kappa shape index (κ1) is 22.3. The zero-order valence-electron chi connectivity index (χ0n) is 17.9. The van der Waals surface area contributed by atoms with Crippen LogP contribution >= 0.6 is 11.3 Å². The van der Waals surface area contributed by atoms with E-state index in [-0.39, 0.29) is 17.5 Å². The molecular weight excluding hydrogens is 463 g/mol. The van der Waals surface area contributed by atoms with Gasteiger partial charge in [0.25, 0.3) is 5.91 Å².